The predicted molar refractivity (Wildman–Crippen MR) is 70.1 cm³/mol. The highest BCUT2D eigenvalue weighted by Gasteiger charge is 2.40. The Bertz CT molecular complexity index is 443. The minimum atomic E-state index is -5.25. The highest BCUT2D eigenvalue weighted by Crippen LogP contribution is 2.39. The Morgan fingerprint density at radius 2 is 1.52 bits per heavy atom. The van der Waals surface area contributed by atoms with E-state index in [2.05, 4.69) is 9.26 Å². The van der Waals surface area contributed by atoms with Crippen LogP contribution in [0.15, 0.2) is 0 Å². The van der Waals surface area contributed by atoms with Crippen molar-refractivity contribution in [2.75, 3.05) is 13.7 Å². The number of carboxylic acid groups (broad SMARTS) is 1. The van der Waals surface area contributed by atoms with E-state index in [4.69, 9.17) is 20.0 Å². The van der Waals surface area contributed by atoms with Gasteiger partial charge in [0.05, 0.1) is 6.61 Å². The molecule has 0 aromatic carbocycles. The maximum Gasteiger partial charge on any atom is 0.469 e. The van der Waals surface area contributed by atoms with Crippen LogP contribution in [0, 0.1) is 0 Å². The first-order valence-corrected chi connectivity index (χ1v) is 7.65. The first-order valence-electron chi connectivity index (χ1n) is 6.12. The van der Waals surface area contributed by atoms with E-state index in [1.807, 2.05) is 0 Å². The molecule has 136 valence electrons. The average molecular weight is 362 g/mol. The topological polar surface area (TPSA) is 211 Å². The molecule has 0 aliphatic rings. The van der Waals surface area contributed by atoms with E-state index in [1.165, 1.54) is 0 Å². The Morgan fingerprint density at radius 1 is 1.04 bits per heavy atom. The number of Topliss-reactive ketones (excluding diaryl/α,β-unsaturated/α-hetero) is 1. The third-order valence-corrected chi connectivity index (χ3v) is 3.39. The Labute approximate surface area is 130 Å². The number of aliphatic hydroxyl groups is 4. The number of carbonyl (C=O) groups excluding carboxylic acids is 1. The van der Waals surface area contributed by atoms with E-state index >= 15 is 0 Å². The number of carbonyl (C=O) groups is 2. The molecule has 0 aromatic heterocycles. The quantitative estimate of drug-likeness (QED) is 0.142. The molecule has 0 spiro atoms. The minimum Gasteiger partial charge on any atom is -0.475 e. The molecule has 0 saturated carbocycles. The molecular weight excluding hydrogens is 343 g/mol. The number of carboxylic acids is 1. The summed E-state index contributed by atoms with van der Waals surface area (Å²) in [5.74, 6) is -3.49. The van der Waals surface area contributed by atoms with Gasteiger partial charge in [0.15, 0.2) is 0 Å². The molecule has 0 rings (SSSR count). The molecule has 0 bridgehead atoms. The van der Waals surface area contributed by atoms with E-state index in [9.17, 15) is 29.5 Å². The second-order valence-corrected chi connectivity index (χ2v) is 5.69. The molecule has 0 heterocycles. The molecule has 13 heteroatoms. The van der Waals surface area contributed by atoms with Crippen LogP contribution < -0.4 is 0 Å². The normalized spacial score (nSPS) is 18.7. The lowest BCUT2D eigenvalue weighted by Crippen LogP contribution is -2.51. The number of hydrogen-bond acceptors (Lipinski definition) is 9. The van der Waals surface area contributed by atoms with Crippen LogP contribution in [-0.4, -0.2) is 91.3 Å². The first-order chi connectivity index (χ1) is 10.4. The van der Waals surface area contributed by atoms with Crippen LogP contribution >= 0.6 is 7.82 Å². The van der Waals surface area contributed by atoms with Crippen LogP contribution in [-0.2, 0) is 23.4 Å². The monoisotopic (exact) mass is 362 g/mol. The maximum absolute atomic E-state index is 11.1. The van der Waals surface area contributed by atoms with Gasteiger partial charge < -0.3 is 40.1 Å². The van der Waals surface area contributed by atoms with Crippen molar-refractivity contribution in [2.24, 2.45) is 0 Å². The lowest BCUT2D eigenvalue weighted by Gasteiger charge is -2.31. The summed E-state index contributed by atoms with van der Waals surface area (Å²) in [6.45, 7) is -0.764. The van der Waals surface area contributed by atoms with Gasteiger partial charge in [-0.15, -0.1) is 0 Å². The molecule has 5 atom stereocenters. The second-order valence-electron chi connectivity index (χ2n) is 4.50. The number of methoxy groups -OCH3 is 1. The summed E-state index contributed by atoms with van der Waals surface area (Å²) >= 11 is 0. The van der Waals surface area contributed by atoms with Gasteiger partial charge in [-0.1, -0.05) is 0 Å². The fourth-order valence-corrected chi connectivity index (χ4v) is 2.18. The fraction of sp³-hybridized carbons (Fsp3) is 0.800. The molecule has 23 heavy (non-hydrogen) atoms. The van der Waals surface area contributed by atoms with Gasteiger partial charge in [0, 0.05) is 13.5 Å². The Kier molecular flexibility index (Phi) is 8.98. The smallest absolute Gasteiger partial charge is 0.469 e. The van der Waals surface area contributed by atoms with E-state index in [0.717, 1.165) is 7.11 Å². The van der Waals surface area contributed by atoms with Crippen molar-refractivity contribution in [3.05, 3.63) is 0 Å². The molecule has 7 N–H and O–H groups in total. The van der Waals surface area contributed by atoms with Crippen LogP contribution in [0.1, 0.15) is 6.42 Å². The number of aliphatic hydroxyl groups excluding tert-OH is 4. The Hall–Kier alpha value is -0.950. The van der Waals surface area contributed by atoms with Crippen LogP contribution in [0.4, 0.5) is 0 Å². The Morgan fingerprint density at radius 3 is 1.87 bits per heavy atom. The van der Waals surface area contributed by atoms with Crippen LogP contribution in [0.5, 0.6) is 0 Å². The largest absolute Gasteiger partial charge is 0.475 e. The maximum atomic E-state index is 11.1. The van der Waals surface area contributed by atoms with E-state index in [-0.39, 0.29) is 0 Å². The van der Waals surface area contributed by atoms with Crippen molar-refractivity contribution in [1.29, 1.82) is 0 Å². The van der Waals surface area contributed by atoms with Gasteiger partial charge in [-0.25, -0.2) is 9.36 Å². The zero-order valence-electron chi connectivity index (χ0n) is 11.9. The van der Waals surface area contributed by atoms with Crippen molar-refractivity contribution in [3.63, 3.8) is 0 Å². The molecule has 0 radical (unpaired) electrons. The van der Waals surface area contributed by atoms with Gasteiger partial charge in [0.2, 0.25) is 5.78 Å². The number of phosphoric ester groups is 1. The summed E-state index contributed by atoms with van der Waals surface area (Å²) in [6.07, 6.45) is -11.0. The van der Waals surface area contributed by atoms with Crippen molar-refractivity contribution in [3.8, 4) is 0 Å². The summed E-state index contributed by atoms with van der Waals surface area (Å²) < 4.78 is 19.5. The van der Waals surface area contributed by atoms with Crippen LogP contribution in [0.2, 0.25) is 0 Å². The Balaban J connectivity index is 5.24. The van der Waals surface area contributed by atoms with Crippen molar-refractivity contribution >= 4 is 19.6 Å². The molecule has 0 unspecified atom stereocenters. The SMILES string of the molecule is CO[C@H](CO)[C@@H](O)[C@H](O)[C@H](O)[C@H](CC(=O)C(=O)O)OP(=O)(O)O. The highest BCUT2D eigenvalue weighted by molar-refractivity contribution is 7.46. The summed E-state index contributed by atoms with van der Waals surface area (Å²) in [5.41, 5.74) is 0. The van der Waals surface area contributed by atoms with Gasteiger partial charge in [0.1, 0.15) is 30.5 Å². The van der Waals surface area contributed by atoms with E-state index < -0.39 is 63.1 Å². The third kappa shape index (κ3) is 7.44. The third-order valence-electron chi connectivity index (χ3n) is 2.84. The van der Waals surface area contributed by atoms with Gasteiger partial charge in [-0.3, -0.25) is 9.32 Å². The summed E-state index contributed by atoms with van der Waals surface area (Å²) in [6, 6.07) is 0. The first kappa shape index (κ1) is 22.1. The van der Waals surface area contributed by atoms with E-state index in [1.54, 1.807) is 0 Å². The predicted octanol–water partition coefficient (Wildman–Crippen LogP) is -3.40. The molecule has 0 aromatic rings. The van der Waals surface area contributed by atoms with Gasteiger partial charge in [-0.2, -0.15) is 0 Å². The zero-order chi connectivity index (χ0) is 18.4. The molecular formula is C10H19O12P. The molecule has 0 saturated heterocycles. The average Bonchev–Trinajstić information content (AvgIpc) is 2.44. The lowest BCUT2D eigenvalue weighted by atomic mass is 9.96. The molecule has 0 fully saturated rings. The van der Waals surface area contributed by atoms with Gasteiger partial charge in [0.25, 0.3) is 0 Å². The molecule has 12 nitrogen and oxygen atoms in total. The molecule has 0 aliphatic carbocycles. The molecule has 0 aliphatic heterocycles. The zero-order valence-corrected chi connectivity index (χ0v) is 12.8. The number of ketones is 1. The summed E-state index contributed by atoms with van der Waals surface area (Å²) in [7, 11) is -4.18. The van der Waals surface area contributed by atoms with Crippen molar-refractivity contribution in [1.82, 2.24) is 0 Å². The number of phosphoric acid groups is 1. The standard InChI is InChI=1S/C10H19O12P/c1-21-6(3-11)8(14)9(15)7(13)5(22-23(18,19)20)2-4(12)10(16)17/h5-9,11,13-15H,2-3H2,1H3,(H,16,17)(H2,18,19,20)/t5-,6+,7+,8+,9+/m0/s1. The fourth-order valence-electron chi connectivity index (χ4n) is 1.63. The minimum absolute atomic E-state index is 0.764. The lowest BCUT2D eigenvalue weighted by molar-refractivity contribution is -0.156. The second kappa shape index (κ2) is 9.37. The number of hydrogen-bond donors (Lipinski definition) is 7. The highest BCUT2D eigenvalue weighted by atomic mass is 31.2. The summed E-state index contributed by atoms with van der Waals surface area (Å²) in [4.78, 5) is 39.1. The van der Waals surface area contributed by atoms with Gasteiger partial charge >= 0.3 is 13.8 Å². The number of ether oxygens (including phenoxy) is 1. The number of aliphatic carboxylic acids is 1. The number of rotatable bonds is 11. The van der Waals surface area contributed by atoms with E-state index in [0.29, 0.717) is 0 Å². The van der Waals surface area contributed by atoms with Crippen LogP contribution in [0.25, 0.3) is 0 Å². The van der Waals surface area contributed by atoms with Crippen molar-refractivity contribution < 1.29 is 58.7 Å². The summed E-state index contributed by atoms with van der Waals surface area (Å²) in [5, 5.41) is 46.7. The van der Waals surface area contributed by atoms with Crippen molar-refractivity contribution in [2.45, 2.75) is 36.9 Å². The molecule has 0 amide bonds. The van der Waals surface area contributed by atoms with Gasteiger partial charge in [-0.05, 0) is 0 Å². The van der Waals surface area contributed by atoms with Crippen LogP contribution in [0.3, 0.4) is 0 Å².